The number of alkyl halides is 3. The molecule has 110 valence electrons. The number of halogens is 3. The summed E-state index contributed by atoms with van der Waals surface area (Å²) in [7, 11) is 0. The number of rotatable bonds is 6. The maximum atomic E-state index is 12.7. The first kappa shape index (κ1) is 15.8. The molecule has 0 spiro atoms. The van der Waals surface area contributed by atoms with Crippen LogP contribution in [0, 0.1) is 5.41 Å². The lowest BCUT2D eigenvalue weighted by atomic mass is 9.79. The molecule has 1 rings (SSSR count). The first-order valence-electron chi connectivity index (χ1n) is 6.23. The van der Waals surface area contributed by atoms with Gasteiger partial charge in [-0.05, 0) is 25.7 Å². The van der Waals surface area contributed by atoms with Crippen LogP contribution in [0.15, 0.2) is 0 Å². The molecule has 1 fully saturated rings. The summed E-state index contributed by atoms with van der Waals surface area (Å²) >= 11 is 0. The van der Waals surface area contributed by atoms with Gasteiger partial charge in [-0.1, -0.05) is 13.8 Å². The van der Waals surface area contributed by atoms with Gasteiger partial charge in [0.2, 0.25) is 5.91 Å². The van der Waals surface area contributed by atoms with Gasteiger partial charge < -0.3 is 10.4 Å². The summed E-state index contributed by atoms with van der Waals surface area (Å²) in [6.45, 7) is 3.23. The number of amides is 1. The Balaban J connectivity index is 2.73. The zero-order chi connectivity index (χ0) is 14.9. The Morgan fingerprint density at radius 3 is 1.95 bits per heavy atom. The van der Waals surface area contributed by atoms with E-state index in [1.165, 1.54) is 0 Å². The highest BCUT2D eigenvalue weighted by atomic mass is 19.4. The highest BCUT2D eigenvalue weighted by molar-refractivity contribution is 5.85. The molecule has 0 unspecified atom stereocenters. The predicted octanol–water partition coefficient (Wildman–Crippen LogP) is 2.48. The van der Waals surface area contributed by atoms with Crippen LogP contribution in [0.25, 0.3) is 0 Å². The SMILES string of the molecule is CCC(CC)(CC(=O)NC1(C(F)(F)F)CC1)C(=O)O. The second-order valence-corrected chi connectivity index (χ2v) is 5.10. The minimum atomic E-state index is -4.48. The summed E-state index contributed by atoms with van der Waals surface area (Å²) in [4.78, 5) is 22.9. The molecule has 19 heavy (non-hydrogen) atoms. The zero-order valence-corrected chi connectivity index (χ0v) is 10.9. The third kappa shape index (κ3) is 3.01. The molecule has 0 aliphatic heterocycles. The molecule has 0 aromatic carbocycles. The summed E-state index contributed by atoms with van der Waals surface area (Å²) in [6, 6.07) is 0. The average molecular weight is 281 g/mol. The van der Waals surface area contributed by atoms with Crippen LogP contribution in [-0.4, -0.2) is 28.7 Å². The van der Waals surface area contributed by atoms with Crippen LogP contribution in [-0.2, 0) is 9.59 Å². The van der Waals surface area contributed by atoms with Crippen molar-refractivity contribution in [3.8, 4) is 0 Å². The van der Waals surface area contributed by atoms with Gasteiger partial charge in [-0.15, -0.1) is 0 Å². The fourth-order valence-corrected chi connectivity index (χ4v) is 2.10. The van der Waals surface area contributed by atoms with Crippen molar-refractivity contribution in [3.63, 3.8) is 0 Å². The van der Waals surface area contributed by atoms with Gasteiger partial charge in [-0.3, -0.25) is 9.59 Å². The molecule has 1 amide bonds. The smallest absolute Gasteiger partial charge is 0.411 e. The second-order valence-electron chi connectivity index (χ2n) is 5.10. The third-order valence-corrected chi connectivity index (χ3v) is 3.98. The number of hydrogen-bond donors (Lipinski definition) is 2. The van der Waals surface area contributed by atoms with Crippen LogP contribution >= 0.6 is 0 Å². The predicted molar refractivity (Wildman–Crippen MR) is 61.4 cm³/mol. The van der Waals surface area contributed by atoms with E-state index in [2.05, 4.69) is 0 Å². The molecule has 1 aliphatic rings. The number of carboxylic acid groups (broad SMARTS) is 1. The van der Waals surface area contributed by atoms with Crippen LogP contribution in [0.5, 0.6) is 0 Å². The van der Waals surface area contributed by atoms with Gasteiger partial charge in [0.1, 0.15) is 5.54 Å². The highest BCUT2D eigenvalue weighted by Crippen LogP contribution is 2.49. The van der Waals surface area contributed by atoms with Crippen LogP contribution < -0.4 is 5.32 Å². The quantitative estimate of drug-likeness (QED) is 0.786. The molecule has 7 heteroatoms. The summed E-state index contributed by atoms with van der Waals surface area (Å²) < 4.78 is 38.0. The molecular weight excluding hydrogens is 263 g/mol. The fraction of sp³-hybridized carbons (Fsp3) is 0.833. The minimum absolute atomic E-state index is 0.138. The summed E-state index contributed by atoms with van der Waals surface area (Å²) in [5.74, 6) is -1.99. The van der Waals surface area contributed by atoms with Gasteiger partial charge >= 0.3 is 12.1 Å². The molecule has 1 saturated carbocycles. The van der Waals surface area contributed by atoms with Crippen molar-refractivity contribution < 1.29 is 27.9 Å². The molecule has 0 heterocycles. The molecule has 0 radical (unpaired) electrons. The van der Waals surface area contributed by atoms with Crippen molar-refractivity contribution in [1.82, 2.24) is 5.32 Å². The van der Waals surface area contributed by atoms with Gasteiger partial charge in [-0.25, -0.2) is 0 Å². The minimum Gasteiger partial charge on any atom is -0.481 e. The lowest BCUT2D eigenvalue weighted by Crippen LogP contribution is -2.49. The fourth-order valence-electron chi connectivity index (χ4n) is 2.10. The molecule has 2 N–H and O–H groups in total. The molecule has 1 aliphatic carbocycles. The number of hydrogen-bond acceptors (Lipinski definition) is 2. The first-order valence-corrected chi connectivity index (χ1v) is 6.23. The topological polar surface area (TPSA) is 66.4 Å². The Bertz CT molecular complexity index is 371. The van der Waals surface area contributed by atoms with Crippen LogP contribution in [0.3, 0.4) is 0 Å². The number of carbonyl (C=O) groups excluding carboxylic acids is 1. The van der Waals surface area contributed by atoms with E-state index in [1.54, 1.807) is 13.8 Å². The maximum Gasteiger partial charge on any atom is 0.411 e. The Morgan fingerprint density at radius 1 is 1.21 bits per heavy atom. The van der Waals surface area contributed by atoms with E-state index >= 15 is 0 Å². The third-order valence-electron chi connectivity index (χ3n) is 3.98. The molecular formula is C12H18F3NO3. The Hall–Kier alpha value is -1.27. The Morgan fingerprint density at radius 2 is 1.68 bits per heavy atom. The van der Waals surface area contributed by atoms with Crippen molar-refractivity contribution in [1.29, 1.82) is 0 Å². The first-order chi connectivity index (χ1) is 8.62. The van der Waals surface area contributed by atoms with Crippen LogP contribution in [0.1, 0.15) is 46.0 Å². The van der Waals surface area contributed by atoms with E-state index in [1.807, 2.05) is 5.32 Å². The van der Waals surface area contributed by atoms with Crippen molar-refractivity contribution in [2.45, 2.75) is 57.7 Å². The number of carboxylic acids is 1. The molecule has 4 nitrogen and oxygen atoms in total. The second kappa shape index (κ2) is 5.02. The number of nitrogens with one attached hydrogen (secondary N) is 1. The van der Waals surface area contributed by atoms with Crippen molar-refractivity contribution in [2.24, 2.45) is 5.41 Å². The monoisotopic (exact) mass is 281 g/mol. The largest absolute Gasteiger partial charge is 0.481 e. The Kier molecular flexibility index (Phi) is 4.17. The number of aliphatic carboxylic acids is 1. The summed E-state index contributed by atoms with van der Waals surface area (Å²) in [6.07, 6.45) is -4.78. The lowest BCUT2D eigenvalue weighted by molar-refractivity contribution is -0.171. The van der Waals surface area contributed by atoms with Gasteiger partial charge in [0.05, 0.1) is 5.41 Å². The highest BCUT2D eigenvalue weighted by Gasteiger charge is 2.64. The molecule has 0 aromatic heterocycles. The molecule has 0 aromatic rings. The van der Waals surface area contributed by atoms with E-state index in [0.717, 1.165) is 0 Å². The molecule has 0 atom stereocenters. The van der Waals surface area contributed by atoms with E-state index in [-0.39, 0.29) is 25.7 Å². The van der Waals surface area contributed by atoms with Gasteiger partial charge in [0.25, 0.3) is 0 Å². The Labute approximate surface area is 109 Å². The number of carbonyl (C=O) groups is 2. The van der Waals surface area contributed by atoms with E-state index in [4.69, 9.17) is 5.11 Å². The lowest BCUT2D eigenvalue weighted by Gasteiger charge is -2.28. The van der Waals surface area contributed by atoms with Crippen LogP contribution in [0.4, 0.5) is 13.2 Å². The van der Waals surface area contributed by atoms with Crippen molar-refractivity contribution in [2.75, 3.05) is 0 Å². The van der Waals surface area contributed by atoms with E-state index < -0.39 is 35.4 Å². The standard InChI is InChI=1S/C12H18F3NO3/c1-3-10(4-2,9(18)19)7-8(17)16-11(5-6-11)12(13,14)15/h3-7H2,1-2H3,(H,16,17)(H,18,19). The van der Waals surface area contributed by atoms with Crippen LogP contribution in [0.2, 0.25) is 0 Å². The summed E-state index contributed by atoms with van der Waals surface area (Å²) in [5.41, 5.74) is -3.42. The zero-order valence-electron chi connectivity index (χ0n) is 10.9. The summed E-state index contributed by atoms with van der Waals surface area (Å²) in [5, 5.41) is 11.1. The normalized spacial score (nSPS) is 17.9. The van der Waals surface area contributed by atoms with Gasteiger partial charge in [0, 0.05) is 6.42 Å². The average Bonchev–Trinajstić information content (AvgIpc) is 3.05. The molecule has 0 bridgehead atoms. The maximum absolute atomic E-state index is 12.7. The van der Waals surface area contributed by atoms with Gasteiger partial charge in [0.15, 0.2) is 0 Å². The van der Waals surface area contributed by atoms with Gasteiger partial charge in [-0.2, -0.15) is 13.2 Å². The van der Waals surface area contributed by atoms with Crippen molar-refractivity contribution >= 4 is 11.9 Å². The van der Waals surface area contributed by atoms with E-state index in [0.29, 0.717) is 0 Å². The van der Waals surface area contributed by atoms with Crippen molar-refractivity contribution in [3.05, 3.63) is 0 Å². The van der Waals surface area contributed by atoms with E-state index in [9.17, 15) is 22.8 Å². The molecule has 0 saturated heterocycles.